The van der Waals surface area contributed by atoms with Crippen LogP contribution in [0, 0.1) is 52.8 Å². The van der Waals surface area contributed by atoms with Crippen molar-refractivity contribution < 1.29 is 0 Å². The Morgan fingerprint density at radius 3 is 1.92 bits per heavy atom. The number of hydrogen-bond donors (Lipinski definition) is 0. The molecule has 0 amide bonds. The predicted octanol–water partition coefficient (Wildman–Crippen LogP) is 2.16. The third-order valence-electron chi connectivity index (χ3n) is 5.93. The van der Waals surface area contributed by atoms with Gasteiger partial charge in [-0.1, -0.05) is 31.9 Å². The highest BCUT2D eigenvalue weighted by molar-refractivity contribution is 9.10. The first-order valence-corrected chi connectivity index (χ1v) is 6.54. The zero-order valence-corrected chi connectivity index (χ0v) is 9.92. The van der Waals surface area contributed by atoms with Gasteiger partial charge in [0.05, 0.1) is 12.0 Å². The number of rotatable bonds is 0. The number of halogens is 2. The van der Waals surface area contributed by atoms with Crippen LogP contribution in [0.2, 0.25) is 0 Å². The molecule has 9 atom stereocenters. The van der Waals surface area contributed by atoms with E-state index in [2.05, 4.69) is 37.9 Å². The van der Waals surface area contributed by atoms with Gasteiger partial charge in [0.15, 0.2) is 0 Å². The summed E-state index contributed by atoms with van der Waals surface area (Å²) >= 11 is 7.82. The van der Waals surface area contributed by atoms with Gasteiger partial charge in [-0.3, -0.25) is 0 Å². The number of nitrogens with zero attached hydrogens (tertiary/aromatic N) is 1. The first-order valence-electron chi connectivity index (χ1n) is 4.96. The summed E-state index contributed by atoms with van der Waals surface area (Å²) in [7, 11) is 0. The van der Waals surface area contributed by atoms with Gasteiger partial charge < -0.3 is 0 Å². The van der Waals surface area contributed by atoms with Crippen molar-refractivity contribution in [2.24, 2.45) is 41.4 Å². The fourth-order valence-corrected chi connectivity index (χ4v) is 9.18. The summed E-state index contributed by atoms with van der Waals surface area (Å²) in [6.07, 6.45) is 0. The minimum atomic E-state index is 0.280. The SMILES string of the molecule is N#C[C@@H]1C2[C@@H]3[C@H]4C5[C@@H]([C@@H]2C53Br)C14Br. The van der Waals surface area contributed by atoms with Crippen molar-refractivity contribution in [3.63, 3.8) is 0 Å². The lowest BCUT2D eigenvalue weighted by molar-refractivity contribution is -0.337. The Bertz CT molecular complexity index is 392. The smallest absolute Gasteiger partial charge is 0.0673 e. The maximum absolute atomic E-state index is 9.19. The molecule has 13 heavy (non-hydrogen) atoms. The molecular formula is C10H7Br2N. The highest BCUT2D eigenvalue weighted by atomic mass is 79.9. The van der Waals surface area contributed by atoms with Gasteiger partial charge in [0.1, 0.15) is 0 Å². The molecule has 0 aromatic heterocycles. The summed E-state index contributed by atoms with van der Waals surface area (Å²) in [5, 5.41) is 9.19. The van der Waals surface area contributed by atoms with Crippen molar-refractivity contribution in [2.75, 3.05) is 0 Å². The van der Waals surface area contributed by atoms with Crippen molar-refractivity contribution in [1.82, 2.24) is 0 Å². The molecule has 0 aromatic rings. The molecule has 0 spiro atoms. The topological polar surface area (TPSA) is 23.8 Å². The van der Waals surface area contributed by atoms with E-state index in [1.807, 2.05) is 0 Å². The van der Waals surface area contributed by atoms with Crippen LogP contribution >= 0.6 is 31.9 Å². The van der Waals surface area contributed by atoms with Crippen molar-refractivity contribution in [1.29, 1.82) is 5.26 Å². The molecule has 3 heteroatoms. The molecule has 0 radical (unpaired) electrons. The van der Waals surface area contributed by atoms with E-state index in [0.29, 0.717) is 10.2 Å². The van der Waals surface area contributed by atoms with Crippen molar-refractivity contribution in [2.45, 2.75) is 8.65 Å². The highest BCUT2D eigenvalue weighted by Gasteiger charge is 3.04. The van der Waals surface area contributed by atoms with Gasteiger partial charge in [0, 0.05) is 8.65 Å². The second-order valence-electron chi connectivity index (χ2n) is 5.47. The molecule has 6 saturated carbocycles. The third-order valence-corrected chi connectivity index (χ3v) is 9.07. The van der Waals surface area contributed by atoms with Crippen molar-refractivity contribution in [3.8, 4) is 6.07 Å². The molecule has 0 aromatic carbocycles. The fraction of sp³-hybridized carbons (Fsp3) is 0.900. The van der Waals surface area contributed by atoms with Crippen LogP contribution < -0.4 is 0 Å². The largest absolute Gasteiger partial charge is 0.198 e. The van der Waals surface area contributed by atoms with E-state index in [1.54, 1.807) is 0 Å². The summed E-state index contributed by atoms with van der Waals surface area (Å²) in [6.45, 7) is 0. The Balaban J connectivity index is 1.81. The van der Waals surface area contributed by atoms with Gasteiger partial charge >= 0.3 is 0 Å². The molecule has 0 aliphatic heterocycles. The molecule has 66 valence electrons. The normalized spacial score (nSPS) is 88.5. The lowest BCUT2D eigenvalue weighted by atomic mass is 9.20. The molecule has 1 nitrogen and oxygen atoms in total. The summed E-state index contributed by atoms with van der Waals surface area (Å²) < 4.78 is 0.817. The first kappa shape index (κ1) is 6.85. The number of hydrogen-bond acceptors (Lipinski definition) is 1. The van der Waals surface area contributed by atoms with Crippen molar-refractivity contribution in [3.05, 3.63) is 0 Å². The van der Waals surface area contributed by atoms with E-state index >= 15 is 0 Å². The predicted molar refractivity (Wildman–Crippen MR) is 53.4 cm³/mol. The van der Waals surface area contributed by atoms with E-state index in [0.717, 1.165) is 35.5 Å². The molecule has 0 heterocycles. The van der Waals surface area contributed by atoms with E-state index in [9.17, 15) is 5.26 Å². The second kappa shape index (κ2) is 1.38. The van der Waals surface area contributed by atoms with Gasteiger partial charge in [0.25, 0.3) is 0 Å². The van der Waals surface area contributed by atoms with Crippen LogP contribution in [0.1, 0.15) is 0 Å². The zero-order chi connectivity index (χ0) is 8.75. The molecule has 6 rings (SSSR count). The second-order valence-corrected chi connectivity index (χ2v) is 8.21. The Morgan fingerprint density at radius 1 is 0.923 bits per heavy atom. The van der Waals surface area contributed by atoms with Crippen LogP contribution in [0.15, 0.2) is 0 Å². The number of alkyl halides is 2. The Morgan fingerprint density at radius 2 is 1.46 bits per heavy atom. The average Bonchev–Trinajstić information content (AvgIpc) is 2.28. The monoisotopic (exact) mass is 299 g/mol. The van der Waals surface area contributed by atoms with Crippen LogP contribution in [0.5, 0.6) is 0 Å². The maximum atomic E-state index is 9.19. The van der Waals surface area contributed by atoms with Gasteiger partial charge in [-0.05, 0) is 35.5 Å². The van der Waals surface area contributed by atoms with Gasteiger partial charge in [-0.25, -0.2) is 0 Å². The minimum Gasteiger partial charge on any atom is -0.198 e. The highest BCUT2D eigenvalue weighted by Crippen LogP contribution is 3.02. The zero-order valence-electron chi connectivity index (χ0n) is 6.74. The minimum absolute atomic E-state index is 0.280. The van der Waals surface area contributed by atoms with Crippen LogP contribution in [-0.2, 0) is 0 Å². The quantitative estimate of drug-likeness (QED) is 0.629. The first-order chi connectivity index (χ1) is 6.18. The maximum Gasteiger partial charge on any atom is 0.0673 e. The molecule has 4 unspecified atom stereocenters. The van der Waals surface area contributed by atoms with Crippen molar-refractivity contribution >= 4 is 31.9 Å². The van der Waals surface area contributed by atoms with E-state index in [4.69, 9.17) is 0 Å². The summed E-state index contributed by atoms with van der Waals surface area (Å²) in [5.74, 6) is 5.46. The van der Waals surface area contributed by atoms with E-state index < -0.39 is 0 Å². The van der Waals surface area contributed by atoms with Crippen LogP contribution in [0.3, 0.4) is 0 Å². The Labute approximate surface area is 93.1 Å². The van der Waals surface area contributed by atoms with Crippen LogP contribution in [0.4, 0.5) is 0 Å². The van der Waals surface area contributed by atoms with Crippen LogP contribution in [0.25, 0.3) is 0 Å². The Hall–Kier alpha value is 0.450. The summed E-state index contributed by atoms with van der Waals surface area (Å²) in [5.41, 5.74) is 0. The molecule has 6 fully saturated rings. The molecule has 6 aliphatic carbocycles. The average molecular weight is 301 g/mol. The summed E-state index contributed by atoms with van der Waals surface area (Å²) in [4.78, 5) is 0. The third kappa shape index (κ3) is 0.308. The van der Waals surface area contributed by atoms with E-state index in [-0.39, 0.29) is 4.32 Å². The fourth-order valence-electron chi connectivity index (χ4n) is 5.89. The molecular weight excluding hydrogens is 294 g/mol. The lowest BCUT2D eigenvalue weighted by Crippen LogP contribution is -2.93. The van der Waals surface area contributed by atoms with Gasteiger partial charge in [-0.15, -0.1) is 0 Å². The number of nitriles is 1. The molecule has 2 bridgehead atoms. The molecule has 6 aliphatic rings. The summed E-state index contributed by atoms with van der Waals surface area (Å²) in [6, 6.07) is 2.55. The van der Waals surface area contributed by atoms with E-state index in [1.165, 1.54) is 0 Å². The Kier molecular flexibility index (Phi) is 0.724. The molecule has 0 saturated heterocycles. The molecule has 0 N–H and O–H groups in total. The lowest BCUT2D eigenvalue weighted by Gasteiger charge is -2.90. The van der Waals surface area contributed by atoms with Gasteiger partial charge in [-0.2, -0.15) is 5.26 Å². The standard InChI is InChI=1S/C10H7Br2N/c11-9-2(1-13)3-4-6(9)8-7(9)5(3)10(4,8)12/h2-8H/t2-,3?,4-,5-,6-,7+,8?,9?,10?/m1/s1. The van der Waals surface area contributed by atoms with Gasteiger partial charge in [0.2, 0.25) is 0 Å². The van der Waals surface area contributed by atoms with Crippen LogP contribution in [-0.4, -0.2) is 8.65 Å².